The number of aryl methyl sites for hydroxylation is 1. The fraction of sp³-hybridized carbons (Fsp3) is 0.571. The van der Waals surface area contributed by atoms with Crippen LogP contribution in [-0.4, -0.2) is 50.1 Å². The number of nitrogens with zero attached hydrogens (tertiary/aromatic N) is 2. The van der Waals surface area contributed by atoms with Gasteiger partial charge in [0.2, 0.25) is 5.91 Å². The fourth-order valence-electron chi connectivity index (χ4n) is 3.74. The summed E-state index contributed by atoms with van der Waals surface area (Å²) in [4.78, 5) is 17.1. The van der Waals surface area contributed by atoms with Gasteiger partial charge in [0.25, 0.3) is 0 Å². The number of anilines is 1. The number of benzene rings is 1. The van der Waals surface area contributed by atoms with Crippen LogP contribution in [0.2, 0.25) is 0 Å². The number of hydrogen-bond acceptors (Lipinski definition) is 3. The van der Waals surface area contributed by atoms with Gasteiger partial charge in [0, 0.05) is 44.3 Å². The number of amides is 1. The van der Waals surface area contributed by atoms with E-state index in [4.69, 9.17) is 0 Å². The molecule has 1 aliphatic heterocycles. The Morgan fingerprint density at radius 2 is 2.04 bits per heavy atom. The molecule has 25 heavy (non-hydrogen) atoms. The van der Waals surface area contributed by atoms with Gasteiger partial charge >= 0.3 is 0 Å². The van der Waals surface area contributed by atoms with Gasteiger partial charge in [0.15, 0.2) is 0 Å². The Bertz CT molecular complexity index is 591. The molecule has 1 amide bonds. The first kappa shape index (κ1) is 18.0. The van der Waals surface area contributed by atoms with Crippen molar-refractivity contribution in [1.29, 1.82) is 0 Å². The second kappa shape index (κ2) is 9.04. The van der Waals surface area contributed by atoms with Crippen LogP contribution in [0.1, 0.15) is 31.2 Å². The Hall–Kier alpha value is -1.81. The third-order valence-corrected chi connectivity index (χ3v) is 5.33. The number of piperazine rings is 1. The molecular weight excluding hydrogens is 310 g/mol. The maximum atomic E-state index is 12.1. The zero-order valence-corrected chi connectivity index (χ0v) is 15.4. The normalized spacial score (nSPS) is 21.3. The van der Waals surface area contributed by atoms with Gasteiger partial charge in [0.05, 0.1) is 0 Å². The first-order valence-electron chi connectivity index (χ1n) is 9.69. The zero-order chi connectivity index (χ0) is 17.5. The summed E-state index contributed by atoms with van der Waals surface area (Å²) in [7, 11) is 0. The number of carbonyl (C=O) groups is 1. The lowest BCUT2D eigenvalue weighted by Gasteiger charge is -2.36. The molecule has 136 valence electrons. The number of nitrogens with one attached hydrogen (secondary N) is 1. The van der Waals surface area contributed by atoms with Gasteiger partial charge in [-0.25, -0.2) is 0 Å². The molecule has 0 spiro atoms. The minimum atomic E-state index is 0.197. The second-order valence-electron chi connectivity index (χ2n) is 7.29. The molecule has 0 saturated carbocycles. The highest BCUT2D eigenvalue weighted by Gasteiger charge is 2.19. The molecule has 1 aromatic rings. The largest absolute Gasteiger partial charge is 0.369 e. The Balaban J connectivity index is 1.31. The van der Waals surface area contributed by atoms with Crippen LogP contribution in [0.15, 0.2) is 36.4 Å². The monoisotopic (exact) mass is 341 g/mol. The summed E-state index contributed by atoms with van der Waals surface area (Å²) in [5.41, 5.74) is 2.66. The van der Waals surface area contributed by atoms with E-state index >= 15 is 0 Å². The molecule has 1 atom stereocenters. The van der Waals surface area contributed by atoms with Gasteiger partial charge in [-0.3, -0.25) is 9.69 Å². The van der Waals surface area contributed by atoms with E-state index < -0.39 is 0 Å². The molecule has 1 heterocycles. The number of hydrogen-bond donors (Lipinski definition) is 1. The lowest BCUT2D eigenvalue weighted by atomic mass is 9.94. The maximum absolute atomic E-state index is 12.1. The van der Waals surface area contributed by atoms with E-state index in [1.54, 1.807) is 0 Å². The highest BCUT2D eigenvalue weighted by atomic mass is 16.1. The summed E-state index contributed by atoms with van der Waals surface area (Å²) in [5.74, 6) is 0.441. The fourth-order valence-corrected chi connectivity index (χ4v) is 3.74. The summed E-state index contributed by atoms with van der Waals surface area (Å²) in [6, 6.07) is 8.77. The van der Waals surface area contributed by atoms with Crippen molar-refractivity contribution in [2.45, 2.75) is 32.6 Å². The summed E-state index contributed by atoms with van der Waals surface area (Å²) < 4.78 is 0. The van der Waals surface area contributed by atoms with Gasteiger partial charge in [0.1, 0.15) is 0 Å². The molecule has 1 aromatic carbocycles. The van der Waals surface area contributed by atoms with Crippen LogP contribution in [0.25, 0.3) is 0 Å². The predicted octanol–water partition coefficient (Wildman–Crippen LogP) is 2.98. The smallest absolute Gasteiger partial charge is 0.223 e. The van der Waals surface area contributed by atoms with E-state index in [9.17, 15) is 4.79 Å². The number of carbonyl (C=O) groups excluding carboxylic acids is 1. The van der Waals surface area contributed by atoms with Crippen molar-refractivity contribution < 1.29 is 4.79 Å². The third kappa shape index (κ3) is 5.33. The summed E-state index contributed by atoms with van der Waals surface area (Å²) in [6.45, 7) is 8.42. The van der Waals surface area contributed by atoms with E-state index in [2.05, 4.69) is 58.5 Å². The molecule has 2 aliphatic rings. The molecule has 1 saturated heterocycles. The minimum Gasteiger partial charge on any atom is -0.369 e. The molecule has 1 unspecified atom stereocenters. The minimum absolute atomic E-state index is 0.197. The van der Waals surface area contributed by atoms with Crippen LogP contribution in [0.3, 0.4) is 0 Å². The first-order chi connectivity index (χ1) is 12.2. The highest BCUT2D eigenvalue weighted by Crippen LogP contribution is 2.19. The molecule has 1 N–H and O–H groups in total. The van der Waals surface area contributed by atoms with Gasteiger partial charge < -0.3 is 10.2 Å². The third-order valence-electron chi connectivity index (χ3n) is 5.33. The molecule has 0 aromatic heterocycles. The predicted molar refractivity (Wildman–Crippen MR) is 104 cm³/mol. The standard InChI is InChI=1S/C21H31N3O/c1-18-7-5-10-20(17-18)24-15-13-23(14-16-24)12-6-11-22-21(25)19-8-3-2-4-9-19/h2-3,5,7,10,17,19H,4,6,8-9,11-16H2,1H3,(H,22,25). The average molecular weight is 341 g/mol. The van der Waals surface area contributed by atoms with Gasteiger partial charge in [-0.1, -0.05) is 24.3 Å². The van der Waals surface area contributed by atoms with Crippen LogP contribution in [0.4, 0.5) is 5.69 Å². The van der Waals surface area contributed by atoms with E-state index in [0.717, 1.165) is 65.0 Å². The molecule has 1 fully saturated rings. The van der Waals surface area contributed by atoms with Crippen LogP contribution in [0, 0.1) is 12.8 Å². The van der Waals surface area contributed by atoms with Crippen LogP contribution >= 0.6 is 0 Å². The van der Waals surface area contributed by atoms with Crippen LogP contribution in [-0.2, 0) is 4.79 Å². The topological polar surface area (TPSA) is 35.6 Å². The van der Waals surface area contributed by atoms with Gasteiger partial charge in [-0.05, 0) is 56.8 Å². The second-order valence-corrected chi connectivity index (χ2v) is 7.29. The highest BCUT2D eigenvalue weighted by molar-refractivity contribution is 5.78. The summed E-state index contributed by atoms with van der Waals surface area (Å²) >= 11 is 0. The molecule has 0 radical (unpaired) electrons. The molecule has 0 bridgehead atoms. The molecule has 1 aliphatic carbocycles. The van der Waals surface area contributed by atoms with Crippen molar-refractivity contribution in [3.05, 3.63) is 42.0 Å². The van der Waals surface area contributed by atoms with Gasteiger partial charge in [-0.15, -0.1) is 0 Å². The number of rotatable bonds is 6. The van der Waals surface area contributed by atoms with E-state index in [1.165, 1.54) is 11.3 Å². The molecular formula is C21H31N3O. The summed E-state index contributed by atoms with van der Waals surface area (Å²) in [6.07, 6.45) is 8.32. The van der Waals surface area contributed by atoms with Crippen molar-refractivity contribution in [3.8, 4) is 0 Å². The maximum Gasteiger partial charge on any atom is 0.223 e. The van der Waals surface area contributed by atoms with Crippen LogP contribution in [0.5, 0.6) is 0 Å². The quantitative estimate of drug-likeness (QED) is 0.638. The van der Waals surface area contributed by atoms with Crippen molar-refractivity contribution in [2.75, 3.05) is 44.2 Å². The Kier molecular flexibility index (Phi) is 6.51. The first-order valence-corrected chi connectivity index (χ1v) is 9.69. The average Bonchev–Trinajstić information content (AvgIpc) is 2.66. The van der Waals surface area contributed by atoms with Crippen molar-refractivity contribution in [3.63, 3.8) is 0 Å². The molecule has 4 heteroatoms. The van der Waals surface area contributed by atoms with Crippen molar-refractivity contribution >= 4 is 11.6 Å². The number of allylic oxidation sites excluding steroid dienone is 2. The molecule has 4 nitrogen and oxygen atoms in total. The Morgan fingerprint density at radius 3 is 2.76 bits per heavy atom. The lowest BCUT2D eigenvalue weighted by Crippen LogP contribution is -2.47. The van der Waals surface area contributed by atoms with Crippen molar-refractivity contribution in [1.82, 2.24) is 10.2 Å². The van der Waals surface area contributed by atoms with E-state index in [-0.39, 0.29) is 11.8 Å². The Labute approximate surface area is 151 Å². The van der Waals surface area contributed by atoms with E-state index in [1.807, 2.05) is 0 Å². The Morgan fingerprint density at radius 1 is 1.20 bits per heavy atom. The molecule has 3 rings (SSSR count). The summed E-state index contributed by atoms with van der Waals surface area (Å²) in [5, 5.41) is 3.12. The van der Waals surface area contributed by atoms with E-state index in [0.29, 0.717) is 0 Å². The zero-order valence-electron chi connectivity index (χ0n) is 15.4. The van der Waals surface area contributed by atoms with Crippen LogP contribution < -0.4 is 10.2 Å². The van der Waals surface area contributed by atoms with Crippen molar-refractivity contribution in [2.24, 2.45) is 5.92 Å². The lowest BCUT2D eigenvalue weighted by molar-refractivity contribution is -0.125. The van der Waals surface area contributed by atoms with Gasteiger partial charge in [-0.2, -0.15) is 0 Å². The SMILES string of the molecule is Cc1cccc(N2CCN(CCCNC(=O)C3CC=CCC3)CC2)c1.